The number of ether oxygens (including phenoxy) is 2. The van der Waals surface area contributed by atoms with E-state index in [1.165, 1.54) is 12.8 Å². The molecule has 0 radical (unpaired) electrons. The lowest BCUT2D eigenvalue weighted by molar-refractivity contribution is -0.166. The van der Waals surface area contributed by atoms with Gasteiger partial charge in [-0.3, -0.25) is 9.59 Å². The molecule has 0 unspecified atom stereocenters. The molecule has 0 amide bonds. The summed E-state index contributed by atoms with van der Waals surface area (Å²) in [7, 11) is 0. The number of rotatable bonds is 8. The van der Waals surface area contributed by atoms with Crippen LogP contribution >= 0.6 is 0 Å². The maximum Gasteiger partial charge on any atom is 0.306 e. The summed E-state index contributed by atoms with van der Waals surface area (Å²) in [6.45, 7) is 22.9. The lowest BCUT2D eigenvalue weighted by Gasteiger charge is -2.54. The van der Waals surface area contributed by atoms with Crippen LogP contribution in [0.3, 0.4) is 0 Å². The van der Waals surface area contributed by atoms with E-state index in [2.05, 4.69) is 69.2 Å². The Morgan fingerprint density at radius 2 is 1.06 bits per heavy atom. The van der Waals surface area contributed by atoms with Crippen LogP contribution in [0, 0.1) is 33.5 Å². The highest BCUT2D eigenvalue weighted by atomic mass is 16.6. The molecule has 2 aliphatic rings. The molecule has 0 aromatic carbocycles. The van der Waals surface area contributed by atoms with E-state index < -0.39 is 0 Å². The molecule has 2 rings (SSSR count). The molecule has 2 saturated carbocycles. The van der Waals surface area contributed by atoms with Gasteiger partial charge < -0.3 is 9.47 Å². The van der Waals surface area contributed by atoms with E-state index in [4.69, 9.17) is 9.47 Å². The second-order valence-electron chi connectivity index (χ2n) is 14.1. The maximum absolute atomic E-state index is 12.6. The predicted octanol–water partition coefficient (Wildman–Crippen LogP) is 7.73. The molecular weight excluding hydrogens is 412 g/mol. The lowest BCUT2D eigenvalue weighted by Crippen LogP contribution is -2.50. The second-order valence-corrected chi connectivity index (χ2v) is 14.1. The predicted molar refractivity (Wildman–Crippen MR) is 135 cm³/mol. The van der Waals surface area contributed by atoms with Gasteiger partial charge in [0.25, 0.3) is 0 Å². The molecule has 0 N–H and O–H groups in total. The smallest absolute Gasteiger partial charge is 0.306 e. The van der Waals surface area contributed by atoms with Crippen LogP contribution in [0.1, 0.15) is 127 Å². The van der Waals surface area contributed by atoms with Crippen LogP contribution in [0.2, 0.25) is 0 Å². The zero-order chi connectivity index (χ0) is 25.2. The van der Waals surface area contributed by atoms with Crippen LogP contribution in [0.4, 0.5) is 0 Å². The number of hydrogen-bond acceptors (Lipinski definition) is 4. The number of esters is 2. The Labute approximate surface area is 203 Å². The van der Waals surface area contributed by atoms with Crippen molar-refractivity contribution in [3.05, 3.63) is 0 Å². The van der Waals surface area contributed by atoms with E-state index in [0.717, 1.165) is 32.1 Å². The van der Waals surface area contributed by atoms with Gasteiger partial charge in [0.05, 0.1) is 12.8 Å². The van der Waals surface area contributed by atoms with Crippen LogP contribution in [0.25, 0.3) is 0 Å². The van der Waals surface area contributed by atoms with Crippen molar-refractivity contribution in [1.29, 1.82) is 0 Å². The fourth-order valence-electron chi connectivity index (χ4n) is 8.20. The van der Waals surface area contributed by atoms with Crippen LogP contribution in [-0.2, 0) is 19.1 Å². The van der Waals surface area contributed by atoms with Gasteiger partial charge in [-0.1, -0.05) is 82.1 Å². The molecule has 2 fully saturated rings. The minimum absolute atomic E-state index is 0.0609. The first-order chi connectivity index (χ1) is 15.0. The van der Waals surface area contributed by atoms with Gasteiger partial charge in [0.1, 0.15) is 12.2 Å². The summed E-state index contributed by atoms with van der Waals surface area (Å²) >= 11 is 0. The maximum atomic E-state index is 12.6. The molecule has 0 aliphatic heterocycles. The molecule has 0 bridgehead atoms. The van der Waals surface area contributed by atoms with Crippen molar-refractivity contribution in [2.75, 3.05) is 0 Å². The Bertz CT molecular complexity index is 650. The zero-order valence-electron chi connectivity index (χ0n) is 23.3. The standard InChI is InChI=1S/C29H52O4/c1-11-20(12-2)25-28(7,8)17-22(18-29(25,9)10)33-24(31)14-13-23(30)32-21-15-26(3,4)19-27(5,6)16-21/h20-22,25H,11-19H2,1-10H3. The van der Waals surface area contributed by atoms with E-state index in [1.54, 1.807) is 0 Å². The normalized spacial score (nSPS) is 28.3. The lowest BCUT2D eigenvalue weighted by atomic mass is 9.52. The summed E-state index contributed by atoms with van der Waals surface area (Å²) < 4.78 is 11.7. The molecule has 4 nitrogen and oxygen atoms in total. The molecule has 0 heterocycles. The first-order valence-corrected chi connectivity index (χ1v) is 13.4. The third-order valence-electron chi connectivity index (χ3n) is 8.36. The second kappa shape index (κ2) is 10.3. The summed E-state index contributed by atoms with van der Waals surface area (Å²) in [5, 5.41) is 0. The van der Waals surface area contributed by atoms with E-state index >= 15 is 0 Å². The summed E-state index contributed by atoms with van der Waals surface area (Å²) in [4.78, 5) is 25.1. The fourth-order valence-corrected chi connectivity index (χ4v) is 8.20. The highest BCUT2D eigenvalue weighted by Gasteiger charge is 2.50. The topological polar surface area (TPSA) is 52.6 Å². The van der Waals surface area contributed by atoms with E-state index in [9.17, 15) is 9.59 Å². The molecule has 192 valence electrons. The quantitative estimate of drug-likeness (QED) is 0.345. The molecule has 0 aromatic rings. The molecule has 0 atom stereocenters. The van der Waals surface area contributed by atoms with Crippen molar-refractivity contribution in [1.82, 2.24) is 0 Å². The Kier molecular flexibility index (Phi) is 8.78. The molecule has 0 saturated heterocycles. The van der Waals surface area contributed by atoms with Crippen LogP contribution in [0.5, 0.6) is 0 Å². The van der Waals surface area contributed by atoms with Crippen molar-refractivity contribution in [3.8, 4) is 0 Å². The Morgan fingerprint density at radius 3 is 1.42 bits per heavy atom. The van der Waals surface area contributed by atoms with Gasteiger partial charge in [0.15, 0.2) is 0 Å². The minimum Gasteiger partial charge on any atom is -0.462 e. The van der Waals surface area contributed by atoms with Crippen LogP contribution < -0.4 is 0 Å². The highest BCUT2D eigenvalue weighted by molar-refractivity contribution is 5.77. The fraction of sp³-hybridized carbons (Fsp3) is 0.931. The van der Waals surface area contributed by atoms with Crippen molar-refractivity contribution in [2.45, 2.75) is 139 Å². The summed E-state index contributed by atoms with van der Waals surface area (Å²) in [5.74, 6) is 0.752. The van der Waals surface area contributed by atoms with Crippen molar-refractivity contribution >= 4 is 11.9 Å². The van der Waals surface area contributed by atoms with Gasteiger partial charge in [-0.05, 0) is 65.6 Å². The number of carbonyl (C=O) groups excluding carboxylic acids is 2. The SMILES string of the molecule is CCC(CC)C1C(C)(C)CC(OC(=O)CCC(=O)OC2CC(C)(C)CC(C)(C)C2)CC1(C)C. The van der Waals surface area contributed by atoms with E-state index in [1.807, 2.05) is 0 Å². The molecule has 33 heavy (non-hydrogen) atoms. The monoisotopic (exact) mass is 464 g/mol. The minimum atomic E-state index is -0.274. The number of hydrogen-bond donors (Lipinski definition) is 0. The molecule has 0 aromatic heterocycles. The summed E-state index contributed by atoms with van der Waals surface area (Å²) in [6, 6.07) is 0. The molecule has 2 aliphatic carbocycles. The third-order valence-corrected chi connectivity index (χ3v) is 8.36. The Morgan fingerprint density at radius 1 is 0.697 bits per heavy atom. The van der Waals surface area contributed by atoms with Gasteiger partial charge in [-0.2, -0.15) is 0 Å². The average Bonchev–Trinajstić information content (AvgIpc) is 2.59. The van der Waals surface area contributed by atoms with Gasteiger partial charge >= 0.3 is 11.9 Å². The average molecular weight is 465 g/mol. The van der Waals surface area contributed by atoms with Gasteiger partial charge in [-0.15, -0.1) is 0 Å². The zero-order valence-corrected chi connectivity index (χ0v) is 23.3. The molecule has 0 spiro atoms. The first kappa shape index (κ1) is 28.2. The highest BCUT2D eigenvalue weighted by Crippen LogP contribution is 2.56. The van der Waals surface area contributed by atoms with Gasteiger partial charge in [0, 0.05) is 0 Å². The summed E-state index contributed by atoms with van der Waals surface area (Å²) in [5.41, 5.74) is 0.559. The summed E-state index contributed by atoms with van der Waals surface area (Å²) in [6.07, 6.45) is 7.13. The van der Waals surface area contributed by atoms with Gasteiger partial charge in [0.2, 0.25) is 0 Å². The Balaban J connectivity index is 1.88. The number of carbonyl (C=O) groups is 2. The third kappa shape index (κ3) is 7.72. The molecule has 4 heteroatoms. The first-order valence-electron chi connectivity index (χ1n) is 13.4. The van der Waals surface area contributed by atoms with Crippen molar-refractivity contribution < 1.29 is 19.1 Å². The Hall–Kier alpha value is -1.06. The van der Waals surface area contributed by atoms with Crippen LogP contribution in [-0.4, -0.2) is 24.1 Å². The van der Waals surface area contributed by atoms with E-state index in [-0.39, 0.29) is 58.6 Å². The molecular formula is C29H52O4. The van der Waals surface area contributed by atoms with Gasteiger partial charge in [-0.25, -0.2) is 0 Å². The van der Waals surface area contributed by atoms with E-state index in [0.29, 0.717) is 11.8 Å². The van der Waals surface area contributed by atoms with Crippen LogP contribution in [0.15, 0.2) is 0 Å². The largest absolute Gasteiger partial charge is 0.462 e. The van der Waals surface area contributed by atoms with Crippen molar-refractivity contribution in [3.63, 3.8) is 0 Å². The van der Waals surface area contributed by atoms with Crippen molar-refractivity contribution in [2.24, 2.45) is 33.5 Å².